The van der Waals surface area contributed by atoms with Crippen LogP contribution in [-0.4, -0.2) is 11.0 Å². The van der Waals surface area contributed by atoms with Crippen LogP contribution in [0.15, 0.2) is 18.2 Å². The molecule has 0 saturated carbocycles. The van der Waals surface area contributed by atoms with Gasteiger partial charge in [0.05, 0.1) is 11.0 Å². The molecule has 0 saturated heterocycles. The van der Waals surface area contributed by atoms with Crippen LogP contribution in [0.25, 0.3) is 0 Å². The fraction of sp³-hybridized carbons (Fsp3) is 0.455. The minimum absolute atomic E-state index is 0.0594. The Labute approximate surface area is 89.0 Å². The topological polar surface area (TPSA) is 52.4 Å². The SMILES string of the molecule is CCc1cccc(OC(C)C)c1[N+](=O)[O-]. The summed E-state index contributed by atoms with van der Waals surface area (Å²) >= 11 is 0. The van der Waals surface area contributed by atoms with Gasteiger partial charge in [0.2, 0.25) is 0 Å². The predicted octanol–water partition coefficient (Wildman–Crippen LogP) is 2.94. The van der Waals surface area contributed by atoms with E-state index in [0.717, 1.165) is 0 Å². The van der Waals surface area contributed by atoms with E-state index in [1.54, 1.807) is 18.2 Å². The van der Waals surface area contributed by atoms with Crippen molar-refractivity contribution in [3.05, 3.63) is 33.9 Å². The van der Waals surface area contributed by atoms with E-state index in [9.17, 15) is 10.1 Å². The second-order valence-corrected chi connectivity index (χ2v) is 3.54. The van der Waals surface area contributed by atoms with Gasteiger partial charge in [-0.2, -0.15) is 0 Å². The summed E-state index contributed by atoms with van der Waals surface area (Å²) in [6.45, 7) is 5.59. The van der Waals surface area contributed by atoms with Gasteiger partial charge < -0.3 is 4.74 Å². The molecule has 0 spiro atoms. The molecule has 0 heterocycles. The van der Waals surface area contributed by atoms with Crippen LogP contribution >= 0.6 is 0 Å². The van der Waals surface area contributed by atoms with Gasteiger partial charge in [-0.25, -0.2) is 0 Å². The molecule has 0 amide bonds. The van der Waals surface area contributed by atoms with Crippen LogP contribution in [0.1, 0.15) is 26.3 Å². The molecule has 0 fully saturated rings. The standard InChI is InChI=1S/C11H15NO3/c1-4-9-6-5-7-10(15-8(2)3)11(9)12(13)14/h5-8H,4H2,1-3H3. The van der Waals surface area contributed by atoms with Gasteiger partial charge in [-0.15, -0.1) is 0 Å². The highest BCUT2D eigenvalue weighted by Gasteiger charge is 2.20. The van der Waals surface area contributed by atoms with Gasteiger partial charge in [0.25, 0.3) is 0 Å². The lowest BCUT2D eigenvalue weighted by Gasteiger charge is -2.11. The maximum Gasteiger partial charge on any atom is 0.314 e. The van der Waals surface area contributed by atoms with Crippen molar-refractivity contribution in [2.45, 2.75) is 33.3 Å². The van der Waals surface area contributed by atoms with Crippen LogP contribution in [0.3, 0.4) is 0 Å². The van der Waals surface area contributed by atoms with Crippen molar-refractivity contribution < 1.29 is 9.66 Å². The third-order valence-electron chi connectivity index (χ3n) is 2.01. The number of para-hydroxylation sites is 1. The van der Waals surface area contributed by atoms with E-state index in [-0.39, 0.29) is 16.7 Å². The Kier molecular flexibility index (Phi) is 3.66. The second-order valence-electron chi connectivity index (χ2n) is 3.54. The second kappa shape index (κ2) is 4.77. The number of nitro groups is 1. The van der Waals surface area contributed by atoms with E-state index < -0.39 is 0 Å². The first-order valence-corrected chi connectivity index (χ1v) is 4.99. The van der Waals surface area contributed by atoms with E-state index in [1.165, 1.54) is 0 Å². The van der Waals surface area contributed by atoms with Crippen LogP contribution < -0.4 is 4.74 Å². The highest BCUT2D eigenvalue weighted by molar-refractivity contribution is 5.52. The quantitative estimate of drug-likeness (QED) is 0.565. The lowest BCUT2D eigenvalue weighted by atomic mass is 10.1. The fourth-order valence-corrected chi connectivity index (χ4v) is 1.41. The van der Waals surface area contributed by atoms with Crippen LogP contribution in [0.4, 0.5) is 5.69 Å². The average molecular weight is 209 g/mol. The van der Waals surface area contributed by atoms with Crippen molar-refractivity contribution in [2.24, 2.45) is 0 Å². The summed E-state index contributed by atoms with van der Waals surface area (Å²) in [5.41, 5.74) is 0.798. The Morgan fingerprint density at radius 3 is 2.60 bits per heavy atom. The molecular weight excluding hydrogens is 194 g/mol. The summed E-state index contributed by atoms with van der Waals surface area (Å²) in [7, 11) is 0. The lowest BCUT2D eigenvalue weighted by molar-refractivity contribution is -0.386. The van der Waals surface area contributed by atoms with Crippen molar-refractivity contribution in [3.8, 4) is 5.75 Å². The Morgan fingerprint density at radius 2 is 2.13 bits per heavy atom. The maximum atomic E-state index is 10.9. The Bertz CT molecular complexity index is 361. The van der Waals surface area contributed by atoms with Gasteiger partial charge in [0.1, 0.15) is 0 Å². The maximum absolute atomic E-state index is 10.9. The zero-order chi connectivity index (χ0) is 11.4. The van der Waals surface area contributed by atoms with Crippen molar-refractivity contribution in [2.75, 3.05) is 0 Å². The largest absolute Gasteiger partial charge is 0.484 e. The van der Waals surface area contributed by atoms with Gasteiger partial charge in [-0.05, 0) is 26.3 Å². The summed E-state index contributed by atoms with van der Waals surface area (Å²) < 4.78 is 5.41. The molecule has 4 heteroatoms. The number of benzene rings is 1. The first-order valence-electron chi connectivity index (χ1n) is 4.99. The van der Waals surface area contributed by atoms with E-state index in [1.807, 2.05) is 20.8 Å². The molecule has 1 rings (SSSR count). The molecule has 0 atom stereocenters. The number of hydrogen-bond donors (Lipinski definition) is 0. The number of aryl methyl sites for hydroxylation is 1. The molecule has 0 aliphatic rings. The van der Waals surface area contributed by atoms with Crippen LogP contribution in [0, 0.1) is 10.1 Å². The molecule has 15 heavy (non-hydrogen) atoms. The number of nitro benzene ring substituents is 1. The third-order valence-corrected chi connectivity index (χ3v) is 2.01. The number of hydrogen-bond acceptors (Lipinski definition) is 3. The Morgan fingerprint density at radius 1 is 1.47 bits per heavy atom. The molecule has 0 radical (unpaired) electrons. The smallest absolute Gasteiger partial charge is 0.314 e. The summed E-state index contributed by atoms with van der Waals surface area (Å²) in [6.07, 6.45) is 0.571. The number of nitrogens with zero attached hydrogens (tertiary/aromatic N) is 1. The van der Waals surface area contributed by atoms with Gasteiger partial charge in [-0.3, -0.25) is 10.1 Å². The molecule has 0 unspecified atom stereocenters. The molecule has 0 N–H and O–H groups in total. The van der Waals surface area contributed by atoms with Gasteiger partial charge in [0.15, 0.2) is 5.75 Å². The first kappa shape index (κ1) is 11.5. The average Bonchev–Trinajstić information content (AvgIpc) is 2.15. The Balaban J connectivity index is 3.19. The normalized spacial score (nSPS) is 10.4. The number of ether oxygens (including phenoxy) is 1. The summed E-state index contributed by atoms with van der Waals surface area (Å²) in [5.74, 6) is 0.356. The monoisotopic (exact) mass is 209 g/mol. The lowest BCUT2D eigenvalue weighted by Crippen LogP contribution is -2.08. The van der Waals surface area contributed by atoms with E-state index >= 15 is 0 Å². The van der Waals surface area contributed by atoms with E-state index in [0.29, 0.717) is 17.7 Å². The predicted molar refractivity (Wildman–Crippen MR) is 58.2 cm³/mol. The van der Waals surface area contributed by atoms with E-state index in [2.05, 4.69) is 0 Å². The first-order chi connectivity index (χ1) is 7.06. The molecule has 1 aromatic carbocycles. The van der Waals surface area contributed by atoms with Gasteiger partial charge in [-0.1, -0.05) is 19.1 Å². The summed E-state index contributed by atoms with van der Waals surface area (Å²) in [5, 5.41) is 10.9. The molecule has 1 aromatic rings. The van der Waals surface area contributed by atoms with E-state index in [4.69, 9.17) is 4.74 Å². The molecule has 0 aliphatic carbocycles. The summed E-state index contributed by atoms with van der Waals surface area (Å²) in [6, 6.07) is 5.17. The molecule has 0 bridgehead atoms. The van der Waals surface area contributed by atoms with Crippen molar-refractivity contribution in [1.29, 1.82) is 0 Å². The molecule has 0 aromatic heterocycles. The minimum atomic E-state index is -0.378. The molecule has 4 nitrogen and oxygen atoms in total. The molecular formula is C11H15NO3. The molecule has 0 aliphatic heterocycles. The highest BCUT2D eigenvalue weighted by Crippen LogP contribution is 2.31. The van der Waals surface area contributed by atoms with Crippen molar-refractivity contribution in [3.63, 3.8) is 0 Å². The Hall–Kier alpha value is -1.58. The minimum Gasteiger partial charge on any atom is -0.484 e. The third kappa shape index (κ3) is 2.68. The number of rotatable bonds is 4. The summed E-state index contributed by atoms with van der Waals surface area (Å²) in [4.78, 5) is 10.5. The van der Waals surface area contributed by atoms with Gasteiger partial charge >= 0.3 is 5.69 Å². The molecule has 82 valence electrons. The van der Waals surface area contributed by atoms with Crippen LogP contribution in [0.5, 0.6) is 5.75 Å². The highest BCUT2D eigenvalue weighted by atomic mass is 16.6. The fourth-order valence-electron chi connectivity index (χ4n) is 1.41. The van der Waals surface area contributed by atoms with Crippen molar-refractivity contribution in [1.82, 2.24) is 0 Å². The zero-order valence-corrected chi connectivity index (χ0v) is 9.19. The van der Waals surface area contributed by atoms with Gasteiger partial charge in [0, 0.05) is 5.56 Å². The van der Waals surface area contributed by atoms with Crippen molar-refractivity contribution >= 4 is 5.69 Å². The zero-order valence-electron chi connectivity index (χ0n) is 9.19. The van der Waals surface area contributed by atoms with Crippen LogP contribution in [-0.2, 0) is 6.42 Å². The van der Waals surface area contributed by atoms with Crippen LogP contribution in [0.2, 0.25) is 0 Å².